The van der Waals surface area contributed by atoms with Crippen LogP contribution >= 0.6 is 0 Å². The molecular weight excluding hydrogens is 254 g/mol. The summed E-state index contributed by atoms with van der Waals surface area (Å²) in [5, 5.41) is 8.81. The average Bonchev–Trinajstić information content (AvgIpc) is 2.87. The monoisotopic (exact) mass is 266 g/mol. The van der Waals surface area contributed by atoms with Gasteiger partial charge in [0, 0.05) is 6.07 Å². The van der Waals surface area contributed by atoms with Gasteiger partial charge >= 0.3 is 0 Å². The van der Waals surface area contributed by atoms with E-state index in [2.05, 4.69) is 20.5 Å². The molecule has 0 bridgehead atoms. The normalized spacial score (nSPS) is 12.2. The third-order valence-electron chi connectivity index (χ3n) is 2.68. The SMILES string of the molecule is Cc1cc(C(=O)NC(C)c2ncn[nH]2)c(F)cc1F. The molecule has 0 fully saturated rings. The molecule has 1 heterocycles. The van der Waals surface area contributed by atoms with Crippen molar-refractivity contribution < 1.29 is 13.6 Å². The summed E-state index contributed by atoms with van der Waals surface area (Å²) in [5.41, 5.74) is 0.00383. The molecule has 1 aromatic carbocycles. The van der Waals surface area contributed by atoms with Gasteiger partial charge in [-0.15, -0.1) is 0 Å². The number of hydrogen-bond acceptors (Lipinski definition) is 3. The lowest BCUT2D eigenvalue weighted by Gasteiger charge is -2.12. The Bertz CT molecular complexity index is 598. The molecule has 0 aliphatic carbocycles. The molecule has 19 heavy (non-hydrogen) atoms. The van der Waals surface area contributed by atoms with E-state index in [0.717, 1.165) is 0 Å². The van der Waals surface area contributed by atoms with E-state index >= 15 is 0 Å². The number of H-pyrrole nitrogens is 1. The summed E-state index contributed by atoms with van der Waals surface area (Å²) in [6.45, 7) is 3.14. The highest BCUT2D eigenvalue weighted by atomic mass is 19.1. The number of hydrogen-bond donors (Lipinski definition) is 2. The van der Waals surface area contributed by atoms with Crippen LogP contribution in [0, 0.1) is 18.6 Å². The lowest BCUT2D eigenvalue weighted by Crippen LogP contribution is -2.28. The van der Waals surface area contributed by atoms with E-state index in [1.165, 1.54) is 19.3 Å². The fourth-order valence-electron chi connectivity index (χ4n) is 1.60. The molecule has 1 atom stereocenters. The molecule has 2 N–H and O–H groups in total. The Kier molecular flexibility index (Phi) is 3.55. The molecule has 5 nitrogen and oxygen atoms in total. The molecule has 2 rings (SSSR count). The summed E-state index contributed by atoms with van der Waals surface area (Å²) in [5.74, 6) is -1.76. The highest BCUT2D eigenvalue weighted by Gasteiger charge is 2.18. The molecule has 7 heteroatoms. The summed E-state index contributed by atoms with van der Waals surface area (Å²) >= 11 is 0. The molecule has 2 aromatic rings. The summed E-state index contributed by atoms with van der Waals surface area (Å²) in [6, 6.07) is 1.41. The zero-order valence-electron chi connectivity index (χ0n) is 10.4. The first-order valence-corrected chi connectivity index (χ1v) is 5.61. The van der Waals surface area contributed by atoms with E-state index in [-0.39, 0.29) is 11.1 Å². The highest BCUT2D eigenvalue weighted by molar-refractivity contribution is 5.94. The van der Waals surface area contributed by atoms with Crippen molar-refractivity contribution in [2.24, 2.45) is 0 Å². The Morgan fingerprint density at radius 1 is 1.37 bits per heavy atom. The van der Waals surface area contributed by atoms with E-state index in [0.29, 0.717) is 11.9 Å². The molecule has 1 aromatic heterocycles. The lowest BCUT2D eigenvalue weighted by atomic mass is 10.1. The van der Waals surface area contributed by atoms with Crippen molar-refractivity contribution >= 4 is 5.91 Å². The van der Waals surface area contributed by atoms with Crippen LogP contribution in [0.4, 0.5) is 8.78 Å². The molecule has 1 unspecified atom stereocenters. The Balaban J connectivity index is 2.19. The van der Waals surface area contributed by atoms with Crippen LogP contribution in [-0.4, -0.2) is 21.1 Å². The van der Waals surface area contributed by atoms with Crippen molar-refractivity contribution in [3.05, 3.63) is 47.0 Å². The topological polar surface area (TPSA) is 70.7 Å². The largest absolute Gasteiger partial charge is 0.342 e. The Morgan fingerprint density at radius 3 is 2.74 bits per heavy atom. The predicted molar refractivity (Wildman–Crippen MR) is 63.4 cm³/mol. The maximum Gasteiger partial charge on any atom is 0.254 e. The number of aryl methyl sites for hydroxylation is 1. The van der Waals surface area contributed by atoms with Crippen LogP contribution in [-0.2, 0) is 0 Å². The Morgan fingerprint density at radius 2 is 2.11 bits per heavy atom. The van der Waals surface area contributed by atoms with Crippen molar-refractivity contribution in [3.8, 4) is 0 Å². The molecule has 0 saturated carbocycles. The van der Waals surface area contributed by atoms with Gasteiger partial charge in [0.15, 0.2) is 0 Å². The smallest absolute Gasteiger partial charge is 0.254 e. The van der Waals surface area contributed by atoms with Crippen molar-refractivity contribution in [1.82, 2.24) is 20.5 Å². The van der Waals surface area contributed by atoms with Crippen molar-refractivity contribution in [2.75, 3.05) is 0 Å². The molecule has 0 aliphatic rings. The minimum Gasteiger partial charge on any atom is -0.342 e. The van der Waals surface area contributed by atoms with E-state index < -0.39 is 23.6 Å². The number of carbonyl (C=O) groups excluding carboxylic acids is 1. The number of benzene rings is 1. The first kappa shape index (κ1) is 13.1. The third-order valence-corrected chi connectivity index (χ3v) is 2.68. The minimum absolute atomic E-state index is 0.203. The van der Waals surface area contributed by atoms with Gasteiger partial charge in [0.25, 0.3) is 5.91 Å². The van der Waals surface area contributed by atoms with E-state index in [1.54, 1.807) is 6.92 Å². The van der Waals surface area contributed by atoms with Gasteiger partial charge in [0.05, 0.1) is 11.6 Å². The van der Waals surface area contributed by atoms with Crippen LogP contribution < -0.4 is 5.32 Å². The average molecular weight is 266 g/mol. The van der Waals surface area contributed by atoms with Gasteiger partial charge in [-0.2, -0.15) is 5.10 Å². The van der Waals surface area contributed by atoms with Crippen LogP contribution in [0.1, 0.15) is 34.7 Å². The summed E-state index contributed by atoms with van der Waals surface area (Å²) < 4.78 is 26.7. The lowest BCUT2D eigenvalue weighted by molar-refractivity contribution is 0.0934. The van der Waals surface area contributed by atoms with Gasteiger partial charge in [-0.25, -0.2) is 13.8 Å². The predicted octanol–water partition coefficient (Wildman–Crippen LogP) is 1.88. The molecule has 1 amide bonds. The second-order valence-corrected chi connectivity index (χ2v) is 4.15. The molecule has 100 valence electrons. The zero-order chi connectivity index (χ0) is 14.0. The number of carbonyl (C=O) groups is 1. The minimum atomic E-state index is -0.898. The number of halogens is 2. The molecule has 0 radical (unpaired) electrons. The van der Waals surface area contributed by atoms with Crippen LogP contribution in [0.5, 0.6) is 0 Å². The number of rotatable bonds is 3. The van der Waals surface area contributed by atoms with E-state index in [9.17, 15) is 13.6 Å². The number of nitrogens with one attached hydrogen (secondary N) is 2. The van der Waals surface area contributed by atoms with Gasteiger partial charge in [0.1, 0.15) is 23.8 Å². The molecule has 0 aliphatic heterocycles. The number of aromatic amines is 1. The van der Waals surface area contributed by atoms with Crippen LogP contribution in [0.25, 0.3) is 0 Å². The highest BCUT2D eigenvalue weighted by Crippen LogP contribution is 2.15. The van der Waals surface area contributed by atoms with Gasteiger partial charge < -0.3 is 5.32 Å². The Labute approximate surface area is 108 Å². The number of amides is 1. The fourth-order valence-corrected chi connectivity index (χ4v) is 1.60. The van der Waals surface area contributed by atoms with Gasteiger partial charge in [-0.1, -0.05) is 0 Å². The molecule has 0 saturated heterocycles. The molecular formula is C12H12F2N4O. The molecule has 0 spiro atoms. The van der Waals surface area contributed by atoms with E-state index in [4.69, 9.17) is 0 Å². The van der Waals surface area contributed by atoms with Crippen molar-refractivity contribution in [3.63, 3.8) is 0 Å². The van der Waals surface area contributed by atoms with Crippen LogP contribution in [0.2, 0.25) is 0 Å². The summed E-state index contributed by atoms with van der Waals surface area (Å²) in [6.07, 6.45) is 1.31. The van der Waals surface area contributed by atoms with Crippen molar-refractivity contribution in [2.45, 2.75) is 19.9 Å². The number of nitrogens with zero attached hydrogens (tertiary/aromatic N) is 2. The maximum absolute atomic E-state index is 13.5. The van der Waals surface area contributed by atoms with E-state index in [1.807, 2.05) is 0 Å². The standard InChI is InChI=1S/C12H12F2N4O/c1-6-3-8(10(14)4-9(6)13)12(19)17-7(2)11-15-5-16-18-11/h3-5,7H,1-2H3,(H,17,19)(H,15,16,18). The number of aromatic nitrogens is 3. The summed E-state index contributed by atoms with van der Waals surface area (Å²) in [4.78, 5) is 15.8. The second-order valence-electron chi connectivity index (χ2n) is 4.15. The maximum atomic E-state index is 13.5. The van der Waals surface area contributed by atoms with Gasteiger partial charge in [0.2, 0.25) is 0 Å². The van der Waals surface area contributed by atoms with Crippen LogP contribution in [0.15, 0.2) is 18.5 Å². The first-order chi connectivity index (χ1) is 8.99. The van der Waals surface area contributed by atoms with Gasteiger partial charge in [-0.3, -0.25) is 9.89 Å². The van der Waals surface area contributed by atoms with Crippen molar-refractivity contribution in [1.29, 1.82) is 0 Å². The van der Waals surface area contributed by atoms with Gasteiger partial charge in [-0.05, 0) is 25.5 Å². The first-order valence-electron chi connectivity index (χ1n) is 5.61. The zero-order valence-corrected chi connectivity index (χ0v) is 10.4. The fraction of sp³-hybridized carbons (Fsp3) is 0.250. The second kappa shape index (κ2) is 5.13. The summed E-state index contributed by atoms with van der Waals surface area (Å²) in [7, 11) is 0. The quantitative estimate of drug-likeness (QED) is 0.891. The van der Waals surface area contributed by atoms with Crippen LogP contribution in [0.3, 0.4) is 0 Å². The third kappa shape index (κ3) is 2.75. The Hall–Kier alpha value is -2.31.